The van der Waals surface area contributed by atoms with Crippen LogP contribution in [0, 0.1) is 11.8 Å². The van der Waals surface area contributed by atoms with Gasteiger partial charge in [-0.25, -0.2) is 5.43 Å². The molecule has 1 N–H and O–H groups in total. The highest BCUT2D eigenvalue weighted by Crippen LogP contribution is 2.42. The van der Waals surface area contributed by atoms with Gasteiger partial charge in [0.2, 0.25) is 0 Å². The molecular weight excluding hydrogens is 283 g/mol. The molecule has 3 nitrogen and oxygen atoms in total. The van der Waals surface area contributed by atoms with Crippen molar-refractivity contribution >= 4 is 34.8 Å². The first kappa shape index (κ1) is 12.9. The van der Waals surface area contributed by atoms with Gasteiger partial charge in [-0.3, -0.25) is 4.79 Å². The van der Waals surface area contributed by atoms with Crippen LogP contribution in [0.5, 0.6) is 0 Å². The van der Waals surface area contributed by atoms with E-state index >= 15 is 0 Å². The fourth-order valence-corrected chi connectivity index (χ4v) is 3.51. The SMILES string of the molecule is O=C(N/N=C1/C[C@H]2CC[C@H]1C2)c1ccc(Cl)cc1Cl. The molecule has 1 aromatic rings. The molecule has 0 spiro atoms. The Hall–Kier alpha value is -1.06. The van der Waals surface area contributed by atoms with E-state index in [1.54, 1.807) is 18.2 Å². The average Bonchev–Trinajstić information content (AvgIpc) is 2.98. The third-order valence-corrected chi connectivity index (χ3v) is 4.53. The van der Waals surface area contributed by atoms with E-state index in [0.717, 1.165) is 18.1 Å². The number of amides is 1. The molecule has 100 valence electrons. The molecule has 2 atom stereocenters. The molecule has 2 saturated carbocycles. The molecule has 5 heteroatoms. The van der Waals surface area contributed by atoms with Crippen molar-refractivity contribution in [1.82, 2.24) is 5.43 Å². The van der Waals surface area contributed by atoms with Gasteiger partial charge in [-0.2, -0.15) is 5.10 Å². The van der Waals surface area contributed by atoms with Crippen molar-refractivity contribution in [3.05, 3.63) is 33.8 Å². The van der Waals surface area contributed by atoms with Gasteiger partial charge in [0, 0.05) is 10.7 Å². The number of carbonyl (C=O) groups excluding carboxylic acids is 1. The van der Waals surface area contributed by atoms with Crippen molar-refractivity contribution in [2.75, 3.05) is 0 Å². The summed E-state index contributed by atoms with van der Waals surface area (Å²) >= 11 is 11.8. The Morgan fingerprint density at radius 3 is 2.79 bits per heavy atom. The minimum absolute atomic E-state index is 0.281. The maximum Gasteiger partial charge on any atom is 0.272 e. The van der Waals surface area contributed by atoms with E-state index in [4.69, 9.17) is 23.2 Å². The van der Waals surface area contributed by atoms with Crippen LogP contribution in [-0.2, 0) is 0 Å². The highest BCUT2D eigenvalue weighted by Gasteiger charge is 2.36. The number of halogens is 2. The number of fused-ring (bicyclic) bond motifs is 2. The molecule has 2 fully saturated rings. The van der Waals surface area contributed by atoms with Gasteiger partial charge in [0.25, 0.3) is 5.91 Å². The number of hydrogen-bond acceptors (Lipinski definition) is 2. The molecule has 2 bridgehead atoms. The van der Waals surface area contributed by atoms with Crippen LogP contribution in [0.25, 0.3) is 0 Å². The molecule has 3 rings (SSSR count). The van der Waals surface area contributed by atoms with Gasteiger partial charge < -0.3 is 0 Å². The van der Waals surface area contributed by atoms with Crippen molar-refractivity contribution in [3.8, 4) is 0 Å². The Morgan fingerprint density at radius 1 is 1.32 bits per heavy atom. The maximum absolute atomic E-state index is 12.0. The molecule has 2 aliphatic carbocycles. The summed E-state index contributed by atoms with van der Waals surface area (Å²) in [5, 5.41) is 5.13. The molecule has 0 unspecified atom stereocenters. The van der Waals surface area contributed by atoms with Crippen molar-refractivity contribution in [1.29, 1.82) is 0 Å². The van der Waals surface area contributed by atoms with E-state index in [2.05, 4.69) is 10.5 Å². The Labute approximate surface area is 122 Å². The van der Waals surface area contributed by atoms with E-state index in [9.17, 15) is 4.79 Å². The number of nitrogens with zero attached hydrogens (tertiary/aromatic N) is 1. The molecule has 1 amide bonds. The molecule has 2 aliphatic rings. The van der Waals surface area contributed by atoms with Crippen LogP contribution in [0.4, 0.5) is 0 Å². The quantitative estimate of drug-likeness (QED) is 0.826. The first-order valence-corrected chi connectivity index (χ1v) is 7.21. The molecular formula is C14H14Cl2N2O. The summed E-state index contributed by atoms with van der Waals surface area (Å²) in [4.78, 5) is 12.0. The summed E-state index contributed by atoms with van der Waals surface area (Å²) in [7, 11) is 0. The number of carbonyl (C=O) groups is 1. The molecule has 0 saturated heterocycles. The Balaban J connectivity index is 1.70. The van der Waals surface area contributed by atoms with Crippen molar-refractivity contribution in [3.63, 3.8) is 0 Å². The van der Waals surface area contributed by atoms with Crippen molar-refractivity contribution in [2.24, 2.45) is 16.9 Å². The summed E-state index contributed by atoms with van der Waals surface area (Å²) in [5.74, 6) is 1.07. The second-order valence-electron chi connectivity index (χ2n) is 5.25. The summed E-state index contributed by atoms with van der Waals surface area (Å²) in [5.41, 5.74) is 4.14. The van der Waals surface area contributed by atoms with E-state index in [1.165, 1.54) is 19.3 Å². The number of benzene rings is 1. The topological polar surface area (TPSA) is 41.5 Å². The molecule has 0 aliphatic heterocycles. The second-order valence-corrected chi connectivity index (χ2v) is 6.09. The first-order chi connectivity index (χ1) is 9.13. The fraction of sp³-hybridized carbons (Fsp3) is 0.429. The lowest BCUT2D eigenvalue weighted by atomic mass is 9.99. The Morgan fingerprint density at radius 2 is 2.16 bits per heavy atom. The lowest BCUT2D eigenvalue weighted by Gasteiger charge is -2.11. The van der Waals surface area contributed by atoms with Gasteiger partial charge in [0.1, 0.15) is 0 Å². The molecule has 0 heterocycles. The van der Waals surface area contributed by atoms with E-state index < -0.39 is 0 Å². The largest absolute Gasteiger partial charge is 0.272 e. The van der Waals surface area contributed by atoms with Crippen LogP contribution in [0.1, 0.15) is 36.0 Å². The lowest BCUT2D eigenvalue weighted by molar-refractivity contribution is 0.0954. The van der Waals surface area contributed by atoms with Gasteiger partial charge in [-0.05, 0) is 55.7 Å². The predicted octanol–water partition coefficient (Wildman–Crippen LogP) is 3.90. The average molecular weight is 297 g/mol. The third kappa shape index (κ3) is 2.63. The van der Waals surface area contributed by atoms with Gasteiger partial charge in [-0.1, -0.05) is 23.2 Å². The molecule has 0 radical (unpaired) electrons. The van der Waals surface area contributed by atoms with Crippen LogP contribution in [0.15, 0.2) is 23.3 Å². The van der Waals surface area contributed by atoms with E-state index in [0.29, 0.717) is 21.5 Å². The smallest absolute Gasteiger partial charge is 0.267 e. The minimum Gasteiger partial charge on any atom is -0.267 e. The summed E-state index contributed by atoms with van der Waals surface area (Å²) in [6.07, 6.45) is 4.78. The second kappa shape index (κ2) is 5.14. The normalized spacial score (nSPS) is 26.9. The van der Waals surface area contributed by atoms with E-state index in [-0.39, 0.29) is 5.91 Å². The zero-order chi connectivity index (χ0) is 13.4. The van der Waals surface area contributed by atoms with Gasteiger partial charge in [0.15, 0.2) is 0 Å². The maximum atomic E-state index is 12.0. The highest BCUT2D eigenvalue weighted by atomic mass is 35.5. The van der Waals surface area contributed by atoms with Crippen LogP contribution >= 0.6 is 23.2 Å². The number of hydrazone groups is 1. The number of nitrogens with one attached hydrogen (secondary N) is 1. The zero-order valence-corrected chi connectivity index (χ0v) is 11.8. The molecule has 1 aromatic carbocycles. The van der Waals surface area contributed by atoms with Gasteiger partial charge in [-0.15, -0.1) is 0 Å². The Bertz CT molecular complexity index is 556. The first-order valence-electron chi connectivity index (χ1n) is 6.45. The standard InChI is InChI=1S/C14H14Cl2N2O/c15-10-3-4-11(12(16)7-10)14(19)18-17-13-6-8-1-2-9(13)5-8/h3-4,7-9H,1-2,5-6H2,(H,18,19)/b17-13-/t8-,9-/m0/s1. The third-order valence-electron chi connectivity index (χ3n) is 3.99. The van der Waals surface area contributed by atoms with Gasteiger partial charge in [0.05, 0.1) is 10.6 Å². The highest BCUT2D eigenvalue weighted by molar-refractivity contribution is 6.36. The number of hydrogen-bond donors (Lipinski definition) is 1. The molecule has 0 aromatic heterocycles. The summed E-state index contributed by atoms with van der Waals surface area (Å²) in [6, 6.07) is 4.82. The van der Waals surface area contributed by atoms with Crippen LogP contribution in [0.2, 0.25) is 10.0 Å². The minimum atomic E-state index is -0.281. The van der Waals surface area contributed by atoms with Crippen LogP contribution in [0.3, 0.4) is 0 Å². The fourth-order valence-electron chi connectivity index (χ4n) is 3.02. The van der Waals surface area contributed by atoms with Crippen LogP contribution < -0.4 is 5.43 Å². The number of rotatable bonds is 2. The monoisotopic (exact) mass is 296 g/mol. The van der Waals surface area contributed by atoms with E-state index in [1.807, 2.05) is 0 Å². The lowest BCUT2D eigenvalue weighted by Crippen LogP contribution is -2.22. The Kier molecular flexibility index (Phi) is 3.50. The molecule has 19 heavy (non-hydrogen) atoms. The summed E-state index contributed by atoms with van der Waals surface area (Å²) in [6.45, 7) is 0. The summed E-state index contributed by atoms with van der Waals surface area (Å²) < 4.78 is 0. The van der Waals surface area contributed by atoms with Crippen LogP contribution in [-0.4, -0.2) is 11.6 Å². The predicted molar refractivity (Wildman–Crippen MR) is 76.8 cm³/mol. The van der Waals surface area contributed by atoms with Gasteiger partial charge >= 0.3 is 0 Å². The van der Waals surface area contributed by atoms with Crippen molar-refractivity contribution < 1.29 is 4.79 Å². The van der Waals surface area contributed by atoms with Crippen molar-refractivity contribution in [2.45, 2.75) is 25.7 Å². The zero-order valence-electron chi connectivity index (χ0n) is 10.3.